The molecule has 1 aromatic rings. The van der Waals surface area contributed by atoms with E-state index in [0.717, 1.165) is 43.6 Å². The summed E-state index contributed by atoms with van der Waals surface area (Å²) in [5, 5.41) is 3.50. The topological polar surface area (TPSA) is 32.3 Å². The van der Waals surface area contributed by atoms with Gasteiger partial charge in [-0.25, -0.2) is 4.39 Å². The van der Waals surface area contributed by atoms with Crippen LogP contribution in [-0.2, 0) is 11.3 Å². The third kappa shape index (κ3) is 3.77. The van der Waals surface area contributed by atoms with Gasteiger partial charge in [0.05, 0.1) is 0 Å². The number of carbonyl (C=O) groups excluding carboxylic acids is 1. The molecule has 0 unspecified atom stereocenters. The molecule has 1 aliphatic rings. The van der Waals surface area contributed by atoms with E-state index in [1.165, 1.54) is 6.07 Å². The molecular formula is C15H21FN2O. The Balaban J connectivity index is 1.82. The zero-order chi connectivity index (χ0) is 13.8. The summed E-state index contributed by atoms with van der Waals surface area (Å²) >= 11 is 0. The van der Waals surface area contributed by atoms with E-state index < -0.39 is 0 Å². The maximum absolute atomic E-state index is 13.0. The minimum atomic E-state index is -0.184. The molecule has 1 fully saturated rings. The first-order valence-corrected chi connectivity index (χ1v) is 6.80. The lowest BCUT2D eigenvalue weighted by Gasteiger charge is -2.32. The molecule has 1 N–H and O–H groups in total. The molecule has 1 aromatic carbocycles. The third-order valence-electron chi connectivity index (χ3n) is 3.83. The van der Waals surface area contributed by atoms with Crippen molar-refractivity contribution in [3.8, 4) is 0 Å². The second-order valence-electron chi connectivity index (χ2n) is 5.23. The smallest absolute Gasteiger partial charge is 0.219 e. The van der Waals surface area contributed by atoms with Gasteiger partial charge in [0, 0.05) is 32.6 Å². The van der Waals surface area contributed by atoms with E-state index in [0.29, 0.717) is 6.04 Å². The van der Waals surface area contributed by atoms with E-state index in [2.05, 4.69) is 5.32 Å². The highest BCUT2D eigenvalue weighted by molar-refractivity contribution is 5.73. The molecule has 0 aliphatic carbocycles. The van der Waals surface area contributed by atoms with Crippen LogP contribution < -0.4 is 5.32 Å². The number of likely N-dealkylation sites (tertiary alicyclic amines) is 1. The second kappa shape index (κ2) is 6.15. The molecule has 0 spiro atoms. The van der Waals surface area contributed by atoms with Crippen LogP contribution in [0, 0.1) is 12.7 Å². The van der Waals surface area contributed by atoms with Crippen molar-refractivity contribution in [3.05, 3.63) is 35.1 Å². The molecule has 0 saturated carbocycles. The summed E-state index contributed by atoms with van der Waals surface area (Å²) in [5.41, 5.74) is 2.11. The van der Waals surface area contributed by atoms with Crippen molar-refractivity contribution in [2.45, 2.75) is 39.3 Å². The lowest BCUT2D eigenvalue weighted by molar-refractivity contribution is -0.129. The molecule has 2 rings (SSSR count). The van der Waals surface area contributed by atoms with Crippen molar-refractivity contribution in [2.75, 3.05) is 13.1 Å². The van der Waals surface area contributed by atoms with Crippen molar-refractivity contribution in [3.63, 3.8) is 0 Å². The largest absolute Gasteiger partial charge is 0.343 e. The van der Waals surface area contributed by atoms with E-state index in [9.17, 15) is 9.18 Å². The van der Waals surface area contributed by atoms with Crippen molar-refractivity contribution < 1.29 is 9.18 Å². The fraction of sp³-hybridized carbons (Fsp3) is 0.533. The van der Waals surface area contributed by atoms with Crippen LogP contribution in [-0.4, -0.2) is 29.9 Å². The van der Waals surface area contributed by atoms with E-state index in [-0.39, 0.29) is 11.7 Å². The molecule has 0 atom stereocenters. The predicted molar refractivity (Wildman–Crippen MR) is 73.3 cm³/mol. The van der Waals surface area contributed by atoms with E-state index in [4.69, 9.17) is 0 Å². The van der Waals surface area contributed by atoms with E-state index in [1.807, 2.05) is 17.9 Å². The Morgan fingerprint density at radius 2 is 2.11 bits per heavy atom. The summed E-state index contributed by atoms with van der Waals surface area (Å²) in [7, 11) is 0. The van der Waals surface area contributed by atoms with Crippen molar-refractivity contribution in [2.24, 2.45) is 0 Å². The number of nitrogens with one attached hydrogen (secondary N) is 1. The van der Waals surface area contributed by atoms with Crippen LogP contribution in [0.3, 0.4) is 0 Å². The Labute approximate surface area is 113 Å². The van der Waals surface area contributed by atoms with Crippen LogP contribution in [0.4, 0.5) is 4.39 Å². The first kappa shape index (κ1) is 14.0. The van der Waals surface area contributed by atoms with Gasteiger partial charge in [0.25, 0.3) is 0 Å². The summed E-state index contributed by atoms with van der Waals surface area (Å²) in [6, 6.07) is 5.35. The normalized spacial score (nSPS) is 16.7. The van der Waals surface area contributed by atoms with Gasteiger partial charge >= 0.3 is 0 Å². The molecular weight excluding hydrogens is 243 g/mol. The summed E-state index contributed by atoms with van der Waals surface area (Å²) < 4.78 is 13.0. The molecule has 19 heavy (non-hydrogen) atoms. The standard InChI is InChI=1S/C15H21FN2O/c1-11-9-14(16)4-3-13(11)10-17-15-5-7-18(8-6-15)12(2)19/h3-4,9,15,17H,5-8,10H2,1-2H3. The van der Waals surface area contributed by atoms with Crippen LogP contribution in [0.15, 0.2) is 18.2 Å². The Kier molecular flexibility index (Phi) is 4.53. The lowest BCUT2D eigenvalue weighted by atomic mass is 10.0. The van der Waals surface area contributed by atoms with Gasteiger partial charge in [-0.05, 0) is 43.0 Å². The minimum absolute atomic E-state index is 0.160. The summed E-state index contributed by atoms with van der Waals surface area (Å²) in [6.07, 6.45) is 1.97. The zero-order valence-electron chi connectivity index (χ0n) is 11.6. The fourth-order valence-electron chi connectivity index (χ4n) is 2.51. The number of halogens is 1. The average Bonchev–Trinajstić information content (AvgIpc) is 2.38. The first-order chi connectivity index (χ1) is 9.06. The predicted octanol–water partition coefficient (Wildman–Crippen LogP) is 2.23. The van der Waals surface area contributed by atoms with Crippen LogP contribution in [0.2, 0.25) is 0 Å². The van der Waals surface area contributed by atoms with Crippen LogP contribution >= 0.6 is 0 Å². The Bertz CT molecular complexity index is 453. The number of rotatable bonds is 3. The maximum atomic E-state index is 13.0. The lowest BCUT2D eigenvalue weighted by Crippen LogP contribution is -2.44. The third-order valence-corrected chi connectivity index (χ3v) is 3.83. The highest BCUT2D eigenvalue weighted by atomic mass is 19.1. The molecule has 1 amide bonds. The fourth-order valence-corrected chi connectivity index (χ4v) is 2.51. The van der Waals surface area contributed by atoms with Gasteiger partial charge in [-0.2, -0.15) is 0 Å². The van der Waals surface area contributed by atoms with Crippen molar-refractivity contribution in [1.82, 2.24) is 10.2 Å². The van der Waals surface area contributed by atoms with E-state index >= 15 is 0 Å². The highest BCUT2D eigenvalue weighted by Crippen LogP contribution is 2.13. The average molecular weight is 264 g/mol. The molecule has 0 aromatic heterocycles. The van der Waals surface area contributed by atoms with Gasteiger partial charge in [0.2, 0.25) is 5.91 Å². The number of benzene rings is 1. The number of hydrogen-bond acceptors (Lipinski definition) is 2. The van der Waals surface area contributed by atoms with Gasteiger partial charge < -0.3 is 10.2 Å². The van der Waals surface area contributed by atoms with E-state index in [1.54, 1.807) is 13.0 Å². The number of amides is 1. The van der Waals surface area contributed by atoms with Crippen LogP contribution in [0.5, 0.6) is 0 Å². The molecule has 1 aliphatic heterocycles. The van der Waals surface area contributed by atoms with Gasteiger partial charge in [-0.1, -0.05) is 6.07 Å². The summed E-state index contributed by atoms with van der Waals surface area (Å²) in [5.74, 6) is -0.0242. The highest BCUT2D eigenvalue weighted by Gasteiger charge is 2.20. The van der Waals surface area contributed by atoms with Crippen molar-refractivity contribution in [1.29, 1.82) is 0 Å². The Morgan fingerprint density at radius 1 is 1.42 bits per heavy atom. The maximum Gasteiger partial charge on any atom is 0.219 e. The molecule has 4 heteroatoms. The number of nitrogens with zero attached hydrogens (tertiary/aromatic N) is 1. The molecule has 1 saturated heterocycles. The van der Waals surface area contributed by atoms with Gasteiger partial charge in [0.1, 0.15) is 5.82 Å². The molecule has 0 bridgehead atoms. The second-order valence-corrected chi connectivity index (χ2v) is 5.23. The van der Waals surface area contributed by atoms with Crippen molar-refractivity contribution >= 4 is 5.91 Å². The SMILES string of the molecule is CC(=O)N1CCC(NCc2ccc(F)cc2C)CC1. The van der Waals surface area contributed by atoms with Gasteiger partial charge in [0.15, 0.2) is 0 Å². The monoisotopic (exact) mass is 264 g/mol. The molecule has 3 nitrogen and oxygen atoms in total. The number of carbonyl (C=O) groups is 1. The summed E-state index contributed by atoms with van der Waals surface area (Å²) in [6.45, 7) is 5.97. The van der Waals surface area contributed by atoms with Gasteiger partial charge in [-0.15, -0.1) is 0 Å². The first-order valence-electron chi connectivity index (χ1n) is 6.80. The molecule has 104 valence electrons. The zero-order valence-corrected chi connectivity index (χ0v) is 11.6. The quantitative estimate of drug-likeness (QED) is 0.908. The minimum Gasteiger partial charge on any atom is -0.343 e. The molecule has 1 heterocycles. The summed E-state index contributed by atoms with van der Waals surface area (Å²) in [4.78, 5) is 13.1. The number of aryl methyl sites for hydroxylation is 1. The van der Waals surface area contributed by atoms with Crippen LogP contribution in [0.1, 0.15) is 30.9 Å². The molecule has 0 radical (unpaired) electrons. The van der Waals surface area contributed by atoms with Crippen LogP contribution in [0.25, 0.3) is 0 Å². The van der Waals surface area contributed by atoms with Gasteiger partial charge in [-0.3, -0.25) is 4.79 Å². The Morgan fingerprint density at radius 3 is 2.68 bits per heavy atom. The number of hydrogen-bond donors (Lipinski definition) is 1. The Hall–Kier alpha value is -1.42. The number of piperidine rings is 1.